The molecule has 70 valence electrons. The topological polar surface area (TPSA) is 53.6 Å². The summed E-state index contributed by atoms with van der Waals surface area (Å²) < 4.78 is 0. The normalized spacial score (nSPS) is 11.8. The molecule has 1 aromatic carbocycles. The first kappa shape index (κ1) is 9.54. The molecule has 4 nitrogen and oxygen atoms in total. The molecule has 0 saturated heterocycles. The Balaban J connectivity index is 2.66. The van der Waals surface area contributed by atoms with Crippen LogP contribution in [-0.4, -0.2) is 25.1 Å². The summed E-state index contributed by atoms with van der Waals surface area (Å²) in [6, 6.07) is 9.56. The van der Waals surface area contributed by atoms with Gasteiger partial charge in [-0.1, -0.05) is 18.2 Å². The fourth-order valence-corrected chi connectivity index (χ4v) is 0.896. The lowest BCUT2D eigenvalue weighted by Crippen LogP contribution is -2.41. The van der Waals surface area contributed by atoms with Gasteiger partial charge in [0.1, 0.15) is 0 Å². The summed E-state index contributed by atoms with van der Waals surface area (Å²) in [5.41, 5.74) is 9.30. The summed E-state index contributed by atoms with van der Waals surface area (Å²) in [7, 11) is 3.71. The van der Waals surface area contributed by atoms with Crippen molar-refractivity contribution in [3.8, 4) is 0 Å². The average molecular weight is 178 g/mol. The van der Waals surface area contributed by atoms with Crippen molar-refractivity contribution >= 4 is 11.6 Å². The molecule has 0 aromatic heterocycles. The molecule has 0 aliphatic carbocycles. The van der Waals surface area contributed by atoms with Crippen molar-refractivity contribution < 1.29 is 0 Å². The summed E-state index contributed by atoms with van der Waals surface area (Å²) in [5, 5.41) is 1.74. The quantitative estimate of drug-likeness (QED) is 0.398. The van der Waals surface area contributed by atoms with Crippen LogP contribution in [0.2, 0.25) is 0 Å². The molecule has 0 bridgehead atoms. The van der Waals surface area contributed by atoms with E-state index in [1.165, 1.54) is 0 Å². The highest BCUT2D eigenvalue weighted by Gasteiger charge is 1.92. The molecule has 3 N–H and O–H groups in total. The molecule has 0 unspecified atom stereocenters. The maximum Gasteiger partial charge on any atom is 0.208 e. The molecule has 0 aliphatic heterocycles. The van der Waals surface area contributed by atoms with E-state index in [2.05, 4.69) is 10.4 Å². The molecule has 0 amide bonds. The number of nitrogens with one attached hydrogen (secondary N) is 1. The zero-order valence-electron chi connectivity index (χ0n) is 7.86. The largest absolute Gasteiger partial charge is 0.369 e. The van der Waals surface area contributed by atoms with Crippen molar-refractivity contribution in [1.29, 1.82) is 0 Å². The van der Waals surface area contributed by atoms with E-state index in [-0.39, 0.29) is 0 Å². The molecule has 1 aromatic rings. The molecule has 13 heavy (non-hydrogen) atoms. The number of aliphatic imine (C=N–C) groups is 1. The number of hydrogen-bond acceptors (Lipinski definition) is 2. The number of nitrogens with two attached hydrogens (primary N) is 1. The van der Waals surface area contributed by atoms with E-state index < -0.39 is 0 Å². The summed E-state index contributed by atoms with van der Waals surface area (Å²) in [6.45, 7) is 0. The van der Waals surface area contributed by atoms with Gasteiger partial charge in [0.05, 0.1) is 5.69 Å². The third kappa shape index (κ3) is 3.57. The van der Waals surface area contributed by atoms with Gasteiger partial charge >= 0.3 is 0 Å². The summed E-state index contributed by atoms with van der Waals surface area (Å²) in [5.74, 6) is 0.385. The zero-order valence-corrected chi connectivity index (χ0v) is 7.86. The second-order valence-corrected chi connectivity index (χ2v) is 2.84. The highest BCUT2D eigenvalue weighted by atomic mass is 15.5. The van der Waals surface area contributed by atoms with Gasteiger partial charge in [-0.3, -0.25) is 5.43 Å². The van der Waals surface area contributed by atoms with Crippen LogP contribution >= 0.6 is 0 Å². The van der Waals surface area contributed by atoms with Crippen molar-refractivity contribution in [2.24, 2.45) is 10.7 Å². The molecule has 4 heteroatoms. The maximum atomic E-state index is 5.60. The lowest BCUT2D eigenvalue weighted by molar-refractivity contribution is 0.360. The predicted molar refractivity (Wildman–Crippen MR) is 54.5 cm³/mol. The predicted octanol–water partition coefficient (Wildman–Crippen LogP) is 0.699. The molecular weight excluding hydrogens is 164 g/mol. The maximum absolute atomic E-state index is 5.60. The Morgan fingerprint density at radius 2 is 1.92 bits per heavy atom. The number of guanidine groups is 1. The zero-order chi connectivity index (χ0) is 9.68. The van der Waals surface area contributed by atoms with Crippen LogP contribution < -0.4 is 11.2 Å². The van der Waals surface area contributed by atoms with Crippen LogP contribution in [0.25, 0.3) is 0 Å². The first-order valence-electron chi connectivity index (χ1n) is 4.01. The van der Waals surface area contributed by atoms with E-state index in [1.54, 1.807) is 5.01 Å². The van der Waals surface area contributed by atoms with Crippen molar-refractivity contribution in [2.75, 3.05) is 14.1 Å². The molecule has 0 spiro atoms. The van der Waals surface area contributed by atoms with Gasteiger partial charge in [0.15, 0.2) is 0 Å². The molecular formula is C9H14N4. The van der Waals surface area contributed by atoms with Crippen LogP contribution in [0, 0.1) is 0 Å². The summed E-state index contributed by atoms with van der Waals surface area (Å²) in [4.78, 5) is 4.14. The van der Waals surface area contributed by atoms with Crippen LogP contribution in [0.15, 0.2) is 35.3 Å². The van der Waals surface area contributed by atoms with Gasteiger partial charge in [0.25, 0.3) is 0 Å². The number of hydrogen-bond donors (Lipinski definition) is 2. The lowest BCUT2D eigenvalue weighted by atomic mass is 10.3. The minimum Gasteiger partial charge on any atom is -0.369 e. The molecule has 0 saturated carbocycles. The smallest absolute Gasteiger partial charge is 0.208 e. The van der Waals surface area contributed by atoms with Crippen LogP contribution in [-0.2, 0) is 0 Å². The SMILES string of the molecule is CN(C)NC(N)=Nc1ccccc1. The van der Waals surface area contributed by atoms with Gasteiger partial charge < -0.3 is 5.73 Å². The van der Waals surface area contributed by atoms with E-state index in [0.29, 0.717) is 5.96 Å². The molecule has 0 fully saturated rings. The van der Waals surface area contributed by atoms with Gasteiger partial charge in [-0.25, -0.2) is 10.0 Å². The van der Waals surface area contributed by atoms with Crippen LogP contribution in [0.1, 0.15) is 0 Å². The fourth-order valence-electron chi connectivity index (χ4n) is 0.896. The molecule has 0 aliphatic rings. The van der Waals surface area contributed by atoms with Crippen molar-refractivity contribution in [3.05, 3.63) is 30.3 Å². The third-order valence-corrected chi connectivity index (χ3v) is 1.34. The highest BCUT2D eigenvalue weighted by Crippen LogP contribution is 2.08. The van der Waals surface area contributed by atoms with E-state index in [1.807, 2.05) is 44.4 Å². The number of nitrogens with zero attached hydrogens (tertiary/aromatic N) is 2. The van der Waals surface area contributed by atoms with Crippen LogP contribution in [0.4, 0.5) is 5.69 Å². The minimum absolute atomic E-state index is 0.385. The van der Waals surface area contributed by atoms with Gasteiger partial charge in [-0.05, 0) is 12.1 Å². The summed E-state index contributed by atoms with van der Waals surface area (Å²) in [6.07, 6.45) is 0. The number of hydrazine groups is 1. The summed E-state index contributed by atoms with van der Waals surface area (Å²) >= 11 is 0. The number of rotatable bonds is 2. The standard InChI is InChI=1S/C9H14N4/c1-13(2)12-9(10)11-8-6-4-3-5-7-8/h3-7H,1-2H3,(H3,10,11,12). The molecule has 0 radical (unpaired) electrons. The lowest BCUT2D eigenvalue weighted by Gasteiger charge is -2.11. The molecule has 0 atom stereocenters. The second kappa shape index (κ2) is 4.47. The van der Waals surface area contributed by atoms with Crippen LogP contribution in [0.5, 0.6) is 0 Å². The monoisotopic (exact) mass is 178 g/mol. The Morgan fingerprint density at radius 1 is 1.31 bits per heavy atom. The third-order valence-electron chi connectivity index (χ3n) is 1.34. The fraction of sp³-hybridized carbons (Fsp3) is 0.222. The van der Waals surface area contributed by atoms with Crippen molar-refractivity contribution in [3.63, 3.8) is 0 Å². The Morgan fingerprint density at radius 3 is 2.46 bits per heavy atom. The molecule has 1 rings (SSSR count). The Bertz CT molecular complexity index is 279. The number of para-hydroxylation sites is 1. The van der Waals surface area contributed by atoms with E-state index >= 15 is 0 Å². The highest BCUT2D eigenvalue weighted by molar-refractivity contribution is 5.80. The van der Waals surface area contributed by atoms with Gasteiger partial charge in [0, 0.05) is 14.1 Å². The van der Waals surface area contributed by atoms with E-state index in [0.717, 1.165) is 5.69 Å². The Hall–Kier alpha value is -1.55. The van der Waals surface area contributed by atoms with Crippen molar-refractivity contribution in [1.82, 2.24) is 10.4 Å². The second-order valence-electron chi connectivity index (χ2n) is 2.84. The first-order chi connectivity index (χ1) is 6.18. The van der Waals surface area contributed by atoms with Crippen molar-refractivity contribution in [2.45, 2.75) is 0 Å². The Labute approximate surface area is 78.0 Å². The minimum atomic E-state index is 0.385. The average Bonchev–Trinajstić information content (AvgIpc) is 2.04. The van der Waals surface area contributed by atoms with E-state index in [4.69, 9.17) is 5.73 Å². The van der Waals surface area contributed by atoms with Crippen LogP contribution in [0.3, 0.4) is 0 Å². The van der Waals surface area contributed by atoms with Gasteiger partial charge in [-0.15, -0.1) is 0 Å². The van der Waals surface area contributed by atoms with Gasteiger partial charge in [-0.2, -0.15) is 0 Å². The first-order valence-corrected chi connectivity index (χ1v) is 4.01. The Kier molecular flexibility index (Phi) is 3.28. The van der Waals surface area contributed by atoms with Gasteiger partial charge in [0.2, 0.25) is 5.96 Å². The molecule has 0 heterocycles. The number of benzene rings is 1. The van der Waals surface area contributed by atoms with E-state index in [9.17, 15) is 0 Å².